The second-order valence-corrected chi connectivity index (χ2v) is 7.29. The largest absolute Gasteiger partial charge is 0.495 e. The van der Waals surface area contributed by atoms with Crippen molar-refractivity contribution in [2.75, 3.05) is 12.4 Å². The lowest BCUT2D eigenvalue weighted by Gasteiger charge is -2.14. The number of nitrogens with zero attached hydrogens (tertiary/aromatic N) is 3. The molecule has 1 aromatic heterocycles. The number of carbonyl (C=O) groups is 1. The maximum Gasteiger partial charge on any atom is 0.416 e. The summed E-state index contributed by atoms with van der Waals surface area (Å²) in [5, 5.41) is 10.2. The number of benzene rings is 2. The fourth-order valence-electron chi connectivity index (χ4n) is 2.53. The minimum Gasteiger partial charge on any atom is -0.495 e. The van der Waals surface area contributed by atoms with Gasteiger partial charge in [0.2, 0.25) is 5.91 Å². The van der Waals surface area contributed by atoms with Crippen molar-refractivity contribution in [3.05, 3.63) is 60.4 Å². The lowest BCUT2D eigenvalue weighted by Crippen LogP contribution is -2.23. The molecule has 1 unspecified atom stereocenters. The number of methoxy groups -OCH3 is 1. The molecule has 1 N–H and O–H groups in total. The van der Waals surface area contributed by atoms with Crippen LogP contribution in [-0.4, -0.2) is 33.0 Å². The van der Waals surface area contributed by atoms with Gasteiger partial charge in [0.05, 0.1) is 23.6 Å². The van der Waals surface area contributed by atoms with Crippen molar-refractivity contribution in [3.63, 3.8) is 0 Å². The van der Waals surface area contributed by atoms with Crippen molar-refractivity contribution in [3.8, 4) is 11.4 Å². The number of aromatic nitrogens is 3. The van der Waals surface area contributed by atoms with Gasteiger partial charge < -0.3 is 10.1 Å². The molecule has 0 saturated carbocycles. The van der Waals surface area contributed by atoms with E-state index in [-0.39, 0.29) is 5.69 Å². The molecule has 0 fully saturated rings. The topological polar surface area (TPSA) is 69.0 Å². The summed E-state index contributed by atoms with van der Waals surface area (Å²) < 4.78 is 45.5. The van der Waals surface area contributed by atoms with Crippen LogP contribution in [0.2, 0.25) is 0 Å². The van der Waals surface area contributed by atoms with E-state index in [4.69, 9.17) is 4.74 Å². The monoisotopic (exact) mass is 422 g/mol. The van der Waals surface area contributed by atoms with Crippen molar-refractivity contribution >= 4 is 23.4 Å². The van der Waals surface area contributed by atoms with E-state index >= 15 is 0 Å². The summed E-state index contributed by atoms with van der Waals surface area (Å²) in [4.78, 5) is 12.5. The van der Waals surface area contributed by atoms with Crippen molar-refractivity contribution in [2.24, 2.45) is 0 Å². The van der Waals surface area contributed by atoms with E-state index in [1.54, 1.807) is 24.7 Å². The standard InChI is InChI=1S/C19H17F3N4O2S/c1-12(17(27)24-14-7-5-6-13(10-14)19(20,21)22)29-18-25-23-11-26(18)15-8-3-4-9-16(15)28-2/h3-12H,1-2H3,(H,24,27). The third-order valence-electron chi connectivity index (χ3n) is 3.97. The average molecular weight is 422 g/mol. The van der Waals surface area contributed by atoms with Gasteiger partial charge in [-0.25, -0.2) is 0 Å². The van der Waals surface area contributed by atoms with Crippen LogP contribution in [0, 0.1) is 0 Å². The Bertz CT molecular complexity index is 1010. The molecule has 1 atom stereocenters. The summed E-state index contributed by atoms with van der Waals surface area (Å²) in [7, 11) is 1.54. The molecule has 3 aromatic rings. The van der Waals surface area contributed by atoms with Crippen molar-refractivity contribution in [1.82, 2.24) is 14.8 Å². The zero-order chi connectivity index (χ0) is 21.0. The van der Waals surface area contributed by atoms with Gasteiger partial charge >= 0.3 is 6.18 Å². The highest BCUT2D eigenvalue weighted by Crippen LogP contribution is 2.32. The van der Waals surface area contributed by atoms with E-state index in [2.05, 4.69) is 15.5 Å². The second kappa shape index (κ2) is 8.56. The minimum atomic E-state index is -4.48. The molecule has 1 heterocycles. The smallest absolute Gasteiger partial charge is 0.416 e. The molecule has 6 nitrogen and oxygen atoms in total. The molecule has 0 bridgehead atoms. The van der Waals surface area contributed by atoms with Crippen molar-refractivity contribution in [1.29, 1.82) is 0 Å². The van der Waals surface area contributed by atoms with Crippen LogP contribution in [0.25, 0.3) is 5.69 Å². The number of ether oxygens (including phenoxy) is 1. The van der Waals surface area contributed by atoms with Gasteiger partial charge in [0.1, 0.15) is 12.1 Å². The Labute approximate surface area is 169 Å². The van der Waals surface area contributed by atoms with Gasteiger partial charge in [0.25, 0.3) is 0 Å². The number of rotatable bonds is 6. The molecule has 0 spiro atoms. The number of thioether (sulfide) groups is 1. The number of hydrogen-bond acceptors (Lipinski definition) is 5. The molecule has 2 aromatic carbocycles. The highest BCUT2D eigenvalue weighted by atomic mass is 32.2. The lowest BCUT2D eigenvalue weighted by atomic mass is 10.2. The SMILES string of the molecule is COc1ccccc1-n1cnnc1SC(C)C(=O)Nc1cccc(C(F)(F)F)c1. The lowest BCUT2D eigenvalue weighted by molar-refractivity contribution is -0.137. The van der Waals surface area contributed by atoms with Gasteiger partial charge in [-0.3, -0.25) is 9.36 Å². The van der Waals surface area contributed by atoms with E-state index in [1.807, 2.05) is 18.2 Å². The number of carbonyl (C=O) groups excluding carboxylic acids is 1. The predicted molar refractivity (Wildman–Crippen MR) is 103 cm³/mol. The van der Waals surface area contributed by atoms with Gasteiger partial charge in [-0.05, 0) is 37.3 Å². The fourth-order valence-corrected chi connectivity index (χ4v) is 3.36. The van der Waals surface area contributed by atoms with Crippen molar-refractivity contribution < 1.29 is 22.7 Å². The van der Waals surface area contributed by atoms with Crippen LogP contribution in [0.1, 0.15) is 12.5 Å². The van der Waals surface area contributed by atoms with Crippen LogP contribution in [-0.2, 0) is 11.0 Å². The van der Waals surface area contributed by atoms with E-state index in [0.717, 1.165) is 23.9 Å². The summed E-state index contributed by atoms with van der Waals surface area (Å²) in [5.41, 5.74) is -0.0528. The molecule has 1 amide bonds. The number of nitrogens with one attached hydrogen (secondary N) is 1. The quantitative estimate of drug-likeness (QED) is 0.596. The summed E-state index contributed by atoms with van der Waals surface area (Å²) in [6, 6.07) is 11.8. The molecule has 152 valence electrons. The number of hydrogen-bond donors (Lipinski definition) is 1. The van der Waals surface area contributed by atoms with E-state index < -0.39 is 22.9 Å². The molecule has 0 saturated heterocycles. The molecule has 0 aliphatic carbocycles. The highest BCUT2D eigenvalue weighted by Gasteiger charge is 2.30. The number of para-hydroxylation sites is 2. The molecule has 0 radical (unpaired) electrons. The number of amides is 1. The van der Waals surface area contributed by atoms with Gasteiger partial charge in [-0.15, -0.1) is 10.2 Å². The molecular weight excluding hydrogens is 405 g/mol. The van der Waals surface area contributed by atoms with Crippen LogP contribution in [0.5, 0.6) is 5.75 Å². The average Bonchev–Trinajstić information content (AvgIpc) is 3.15. The normalized spacial score (nSPS) is 12.4. The molecule has 0 aliphatic rings. The number of halogens is 3. The Morgan fingerprint density at radius 2 is 1.97 bits per heavy atom. The Morgan fingerprint density at radius 1 is 1.21 bits per heavy atom. The number of anilines is 1. The zero-order valence-corrected chi connectivity index (χ0v) is 16.3. The van der Waals surface area contributed by atoms with Gasteiger partial charge in [0, 0.05) is 5.69 Å². The summed E-state index contributed by atoms with van der Waals surface area (Å²) >= 11 is 1.13. The summed E-state index contributed by atoms with van der Waals surface area (Å²) in [6.07, 6.45) is -2.98. The summed E-state index contributed by atoms with van der Waals surface area (Å²) in [6.45, 7) is 1.63. The van der Waals surface area contributed by atoms with E-state index in [0.29, 0.717) is 16.6 Å². The van der Waals surface area contributed by atoms with Crippen LogP contribution in [0.4, 0.5) is 18.9 Å². The molecule has 29 heavy (non-hydrogen) atoms. The Hall–Kier alpha value is -3.01. The maximum absolute atomic E-state index is 12.8. The molecule has 0 aliphatic heterocycles. The molecule has 10 heteroatoms. The summed E-state index contributed by atoms with van der Waals surface area (Å²) in [5.74, 6) is 0.152. The van der Waals surface area contributed by atoms with Gasteiger partial charge in [-0.2, -0.15) is 13.2 Å². The Balaban J connectivity index is 1.74. The van der Waals surface area contributed by atoms with Gasteiger partial charge in [0.15, 0.2) is 5.16 Å². The van der Waals surface area contributed by atoms with Crippen LogP contribution in [0.15, 0.2) is 60.0 Å². The highest BCUT2D eigenvalue weighted by molar-refractivity contribution is 8.00. The van der Waals surface area contributed by atoms with E-state index in [1.165, 1.54) is 18.5 Å². The first-order valence-electron chi connectivity index (χ1n) is 8.48. The van der Waals surface area contributed by atoms with Crippen LogP contribution < -0.4 is 10.1 Å². The van der Waals surface area contributed by atoms with Crippen LogP contribution >= 0.6 is 11.8 Å². The van der Waals surface area contributed by atoms with Crippen LogP contribution in [0.3, 0.4) is 0 Å². The maximum atomic E-state index is 12.8. The first-order valence-corrected chi connectivity index (χ1v) is 9.35. The first-order chi connectivity index (χ1) is 13.8. The van der Waals surface area contributed by atoms with Crippen molar-refractivity contribution in [2.45, 2.75) is 23.5 Å². The Morgan fingerprint density at radius 3 is 2.69 bits per heavy atom. The molecule has 3 rings (SSSR count). The first kappa shape index (κ1) is 20.7. The second-order valence-electron chi connectivity index (χ2n) is 5.98. The third-order valence-corrected chi connectivity index (χ3v) is 5.03. The fraction of sp³-hybridized carbons (Fsp3) is 0.211. The zero-order valence-electron chi connectivity index (χ0n) is 15.5. The predicted octanol–water partition coefficient (Wildman–Crippen LogP) is 4.41. The third kappa shape index (κ3) is 4.89. The molecular formula is C19H17F3N4O2S. The van der Waals surface area contributed by atoms with E-state index in [9.17, 15) is 18.0 Å². The number of alkyl halides is 3. The Kier molecular flexibility index (Phi) is 6.12. The van der Waals surface area contributed by atoms with Gasteiger partial charge in [-0.1, -0.05) is 30.0 Å². The minimum absolute atomic E-state index is 0.0727.